The number of hydrogen-bond acceptors (Lipinski definition) is 4. The molecule has 7 heteroatoms. The first-order valence-corrected chi connectivity index (χ1v) is 9.73. The topological polar surface area (TPSA) is 55.2 Å². The maximum absolute atomic E-state index is 13.0. The Morgan fingerprint density at radius 3 is 2.48 bits per heavy atom. The van der Waals surface area contributed by atoms with Crippen LogP contribution in [0.25, 0.3) is 11.3 Å². The molecule has 1 aliphatic rings. The molecule has 1 aliphatic heterocycles. The number of hydrogen-bond donors (Lipinski definition) is 0. The number of benzene rings is 1. The standard InChI is InChI=1S/C20H18FN3O2S/c21-16-3-1-14(2-4-16)20(26)23-10-7-17(8-11-23)24-19(25)6-5-18(22-24)15-9-12-27-13-15/h1-6,9,12-13,17H,7-8,10-11H2. The molecule has 3 aromatic rings. The summed E-state index contributed by atoms with van der Waals surface area (Å²) in [6, 6.07) is 10.8. The van der Waals surface area contributed by atoms with Crippen molar-refractivity contribution in [3.05, 3.63) is 75.0 Å². The van der Waals surface area contributed by atoms with Crippen LogP contribution in [0.1, 0.15) is 29.2 Å². The van der Waals surface area contributed by atoms with Gasteiger partial charge in [0, 0.05) is 35.7 Å². The Labute approximate surface area is 159 Å². The van der Waals surface area contributed by atoms with Crippen LogP contribution in [0.5, 0.6) is 0 Å². The highest BCUT2D eigenvalue weighted by molar-refractivity contribution is 7.08. The third kappa shape index (κ3) is 3.68. The van der Waals surface area contributed by atoms with Crippen molar-refractivity contribution in [3.8, 4) is 11.3 Å². The molecule has 1 saturated heterocycles. The minimum absolute atomic E-state index is 0.0339. The van der Waals surface area contributed by atoms with Crippen molar-refractivity contribution in [3.63, 3.8) is 0 Å². The first-order valence-electron chi connectivity index (χ1n) is 8.79. The van der Waals surface area contributed by atoms with Gasteiger partial charge in [-0.05, 0) is 54.6 Å². The molecule has 0 bridgehead atoms. The number of nitrogens with zero attached hydrogens (tertiary/aromatic N) is 3. The van der Waals surface area contributed by atoms with Crippen molar-refractivity contribution in [1.82, 2.24) is 14.7 Å². The summed E-state index contributed by atoms with van der Waals surface area (Å²) in [6.45, 7) is 1.08. The van der Waals surface area contributed by atoms with Gasteiger partial charge in [0.2, 0.25) is 0 Å². The molecular weight excluding hydrogens is 365 g/mol. The van der Waals surface area contributed by atoms with Crippen LogP contribution in [0.15, 0.2) is 58.0 Å². The maximum Gasteiger partial charge on any atom is 0.267 e. The maximum atomic E-state index is 13.0. The number of aromatic nitrogens is 2. The van der Waals surface area contributed by atoms with Gasteiger partial charge in [0.15, 0.2) is 0 Å². The molecule has 5 nitrogen and oxygen atoms in total. The van der Waals surface area contributed by atoms with E-state index < -0.39 is 0 Å². The Hall–Kier alpha value is -2.80. The summed E-state index contributed by atoms with van der Waals surface area (Å²) in [5, 5.41) is 8.52. The minimum Gasteiger partial charge on any atom is -0.338 e. The molecule has 4 rings (SSSR count). The fourth-order valence-electron chi connectivity index (χ4n) is 3.34. The van der Waals surface area contributed by atoms with Gasteiger partial charge >= 0.3 is 0 Å². The van der Waals surface area contributed by atoms with E-state index in [4.69, 9.17) is 0 Å². The predicted octanol–water partition coefficient (Wildman–Crippen LogP) is 3.59. The van der Waals surface area contributed by atoms with Crippen LogP contribution >= 0.6 is 11.3 Å². The molecule has 1 aromatic carbocycles. The lowest BCUT2D eigenvalue weighted by Crippen LogP contribution is -2.41. The van der Waals surface area contributed by atoms with E-state index in [1.54, 1.807) is 33.1 Å². The summed E-state index contributed by atoms with van der Waals surface area (Å²) in [7, 11) is 0. The lowest BCUT2D eigenvalue weighted by atomic mass is 10.0. The summed E-state index contributed by atoms with van der Waals surface area (Å²) in [5.74, 6) is -0.470. The predicted molar refractivity (Wildman–Crippen MR) is 102 cm³/mol. The van der Waals surface area contributed by atoms with Crippen LogP contribution in [0.2, 0.25) is 0 Å². The summed E-state index contributed by atoms with van der Waals surface area (Å²) in [4.78, 5) is 26.6. The highest BCUT2D eigenvalue weighted by atomic mass is 32.1. The average Bonchev–Trinajstić information content (AvgIpc) is 3.23. The fraction of sp³-hybridized carbons (Fsp3) is 0.250. The second-order valence-electron chi connectivity index (χ2n) is 6.54. The molecule has 0 radical (unpaired) electrons. The zero-order valence-corrected chi connectivity index (χ0v) is 15.4. The molecule has 0 N–H and O–H groups in total. The molecule has 2 aromatic heterocycles. The van der Waals surface area contributed by atoms with Crippen molar-refractivity contribution in [2.75, 3.05) is 13.1 Å². The van der Waals surface area contributed by atoms with E-state index in [1.165, 1.54) is 24.3 Å². The molecule has 0 aliphatic carbocycles. The van der Waals surface area contributed by atoms with Crippen LogP contribution in [-0.2, 0) is 0 Å². The lowest BCUT2D eigenvalue weighted by molar-refractivity contribution is 0.0688. The van der Waals surface area contributed by atoms with Gasteiger partial charge < -0.3 is 4.90 Å². The van der Waals surface area contributed by atoms with Crippen LogP contribution in [0, 0.1) is 5.82 Å². The number of carbonyl (C=O) groups is 1. The Morgan fingerprint density at radius 2 is 1.81 bits per heavy atom. The van der Waals surface area contributed by atoms with E-state index in [0.29, 0.717) is 31.5 Å². The Morgan fingerprint density at radius 1 is 1.07 bits per heavy atom. The highest BCUT2D eigenvalue weighted by Gasteiger charge is 2.26. The second-order valence-corrected chi connectivity index (χ2v) is 7.32. The van der Waals surface area contributed by atoms with Crippen molar-refractivity contribution in [2.45, 2.75) is 18.9 Å². The number of piperidine rings is 1. The van der Waals surface area contributed by atoms with E-state index in [2.05, 4.69) is 5.10 Å². The molecule has 3 heterocycles. The molecule has 0 atom stereocenters. The van der Waals surface area contributed by atoms with Crippen LogP contribution in [-0.4, -0.2) is 33.7 Å². The fourth-order valence-corrected chi connectivity index (χ4v) is 3.99. The number of thiophene rings is 1. The summed E-state index contributed by atoms with van der Waals surface area (Å²) in [6.07, 6.45) is 1.32. The van der Waals surface area contributed by atoms with Gasteiger partial charge in [0.1, 0.15) is 5.82 Å². The summed E-state index contributed by atoms with van der Waals surface area (Å²) < 4.78 is 14.6. The molecule has 0 spiro atoms. The third-order valence-corrected chi connectivity index (χ3v) is 5.51. The third-order valence-electron chi connectivity index (χ3n) is 4.83. The van der Waals surface area contributed by atoms with Crippen LogP contribution in [0.3, 0.4) is 0 Å². The summed E-state index contributed by atoms with van der Waals surface area (Å²) in [5.41, 5.74) is 2.13. The van der Waals surface area contributed by atoms with E-state index in [1.807, 2.05) is 16.8 Å². The second kappa shape index (κ2) is 7.44. The Balaban J connectivity index is 1.48. The van der Waals surface area contributed by atoms with Crippen molar-refractivity contribution >= 4 is 17.2 Å². The molecule has 1 amide bonds. The van der Waals surface area contributed by atoms with Gasteiger partial charge in [-0.3, -0.25) is 9.59 Å². The van der Waals surface area contributed by atoms with Crippen molar-refractivity contribution < 1.29 is 9.18 Å². The van der Waals surface area contributed by atoms with E-state index in [9.17, 15) is 14.0 Å². The molecule has 1 fully saturated rings. The highest BCUT2D eigenvalue weighted by Crippen LogP contribution is 2.24. The first-order chi connectivity index (χ1) is 13.1. The Bertz CT molecular complexity index is 991. The van der Waals surface area contributed by atoms with Gasteiger partial charge in [0.25, 0.3) is 11.5 Å². The zero-order valence-electron chi connectivity index (χ0n) is 14.5. The van der Waals surface area contributed by atoms with Gasteiger partial charge in [-0.15, -0.1) is 0 Å². The van der Waals surface area contributed by atoms with E-state index >= 15 is 0 Å². The molecule has 0 unspecified atom stereocenters. The van der Waals surface area contributed by atoms with Gasteiger partial charge in [-0.1, -0.05) is 0 Å². The number of likely N-dealkylation sites (tertiary alicyclic amines) is 1. The average molecular weight is 383 g/mol. The Kier molecular flexibility index (Phi) is 4.85. The zero-order chi connectivity index (χ0) is 18.8. The number of halogens is 1. The van der Waals surface area contributed by atoms with E-state index in [-0.39, 0.29) is 23.3 Å². The van der Waals surface area contributed by atoms with Gasteiger partial charge in [0.05, 0.1) is 11.7 Å². The van der Waals surface area contributed by atoms with Crippen LogP contribution in [0.4, 0.5) is 4.39 Å². The van der Waals surface area contributed by atoms with Gasteiger partial charge in [-0.2, -0.15) is 16.4 Å². The molecule has 0 saturated carbocycles. The summed E-state index contributed by atoms with van der Waals surface area (Å²) >= 11 is 1.59. The van der Waals surface area contributed by atoms with Crippen LogP contribution < -0.4 is 5.56 Å². The largest absolute Gasteiger partial charge is 0.338 e. The number of amides is 1. The molecule has 138 valence electrons. The van der Waals surface area contributed by atoms with Gasteiger partial charge in [-0.25, -0.2) is 9.07 Å². The normalized spacial score (nSPS) is 15.1. The molecule has 27 heavy (non-hydrogen) atoms. The van der Waals surface area contributed by atoms with E-state index in [0.717, 1.165) is 11.3 Å². The van der Waals surface area contributed by atoms with Crippen molar-refractivity contribution in [2.24, 2.45) is 0 Å². The first kappa shape index (κ1) is 17.6. The monoisotopic (exact) mass is 383 g/mol. The number of carbonyl (C=O) groups excluding carboxylic acids is 1. The smallest absolute Gasteiger partial charge is 0.267 e. The SMILES string of the molecule is O=C(c1ccc(F)cc1)N1CCC(n2nc(-c3ccsc3)ccc2=O)CC1. The lowest BCUT2D eigenvalue weighted by Gasteiger charge is -2.32. The number of rotatable bonds is 3. The quantitative estimate of drug-likeness (QED) is 0.695. The molecular formula is C20H18FN3O2S. The minimum atomic E-state index is -0.360. The van der Waals surface area contributed by atoms with Crippen molar-refractivity contribution in [1.29, 1.82) is 0 Å².